The molecule has 0 spiro atoms. The molecule has 0 radical (unpaired) electrons. The molecule has 0 fully saturated rings. The molecule has 0 saturated carbocycles. The van der Waals surface area contributed by atoms with E-state index in [1.807, 2.05) is 66.7 Å². The molecule has 1 aliphatic carbocycles. The maximum absolute atomic E-state index is 6.63. The number of hydrogen-bond donors (Lipinski definition) is 0. The van der Waals surface area contributed by atoms with Gasteiger partial charge < -0.3 is 8.98 Å². The second-order valence-corrected chi connectivity index (χ2v) is 14.4. The van der Waals surface area contributed by atoms with E-state index in [1.54, 1.807) is 0 Å². The van der Waals surface area contributed by atoms with Crippen molar-refractivity contribution in [3.05, 3.63) is 169 Å². The zero-order valence-corrected chi connectivity index (χ0v) is 29.2. The van der Waals surface area contributed by atoms with E-state index in [2.05, 4.69) is 109 Å². The molecule has 3 aromatic heterocycles. The average Bonchev–Trinajstić information content (AvgIpc) is 3.84. The van der Waals surface area contributed by atoms with Crippen molar-refractivity contribution < 1.29 is 4.42 Å². The number of rotatable bonds is 4. The Balaban J connectivity index is 1.09. The van der Waals surface area contributed by atoms with Crippen LogP contribution in [0.5, 0.6) is 0 Å². The van der Waals surface area contributed by atoms with E-state index in [0.717, 1.165) is 44.4 Å². The standard InChI is InChI=1S/C48H32N4O/c1-48(2)37-27-28-39-42(41(37)36-26-25-34-33-17-10-12-20-40(33)53-44(34)43(36)48)35-18-9-11-19-38(35)52(39)32-23-21-31(22-24-32)47-50-45(29-13-5-3-6-14-29)49-46(51-47)30-15-7-4-8-16-30/h3-28H,1-2H3. The van der Waals surface area contributed by atoms with E-state index in [4.69, 9.17) is 19.4 Å². The molecule has 1 aliphatic rings. The lowest BCUT2D eigenvalue weighted by atomic mass is 9.81. The van der Waals surface area contributed by atoms with Gasteiger partial charge in [-0.15, -0.1) is 0 Å². The molecule has 7 aromatic carbocycles. The van der Waals surface area contributed by atoms with Crippen LogP contribution in [0.25, 0.3) is 94.7 Å². The van der Waals surface area contributed by atoms with Crippen molar-refractivity contribution in [2.75, 3.05) is 0 Å². The molecule has 0 N–H and O–H groups in total. The highest BCUT2D eigenvalue weighted by atomic mass is 16.3. The topological polar surface area (TPSA) is 56.7 Å². The van der Waals surface area contributed by atoms with Crippen LogP contribution in [0.1, 0.15) is 25.0 Å². The van der Waals surface area contributed by atoms with Crippen LogP contribution in [0.15, 0.2) is 162 Å². The SMILES string of the molecule is CC1(C)c2ccc3c(c2-c2ccc4c(oc5ccccc54)c21)c1ccccc1n3-c1ccc(-c2nc(-c3ccccc3)nc(-c3ccccc3)n2)cc1. The number of benzene rings is 7. The molecule has 250 valence electrons. The minimum Gasteiger partial charge on any atom is -0.456 e. The fraction of sp³-hybridized carbons (Fsp3) is 0.0625. The predicted octanol–water partition coefficient (Wildman–Crippen LogP) is 12.2. The molecule has 0 aliphatic heterocycles. The van der Waals surface area contributed by atoms with E-state index in [-0.39, 0.29) is 5.41 Å². The molecule has 0 saturated heterocycles. The van der Waals surface area contributed by atoms with Gasteiger partial charge in [-0.2, -0.15) is 0 Å². The Morgan fingerprint density at radius 2 is 1.08 bits per heavy atom. The second-order valence-electron chi connectivity index (χ2n) is 14.4. The highest BCUT2D eigenvalue weighted by molar-refractivity contribution is 6.19. The molecule has 0 atom stereocenters. The summed E-state index contributed by atoms with van der Waals surface area (Å²) >= 11 is 0. The first-order chi connectivity index (χ1) is 26.0. The fourth-order valence-electron chi connectivity index (χ4n) is 8.59. The number of aromatic nitrogens is 4. The third-order valence-electron chi connectivity index (χ3n) is 11.0. The molecule has 53 heavy (non-hydrogen) atoms. The minimum absolute atomic E-state index is 0.237. The van der Waals surface area contributed by atoms with Gasteiger partial charge in [-0.3, -0.25) is 0 Å². The minimum atomic E-state index is -0.237. The summed E-state index contributed by atoms with van der Waals surface area (Å²) in [6.07, 6.45) is 0. The van der Waals surface area contributed by atoms with Gasteiger partial charge >= 0.3 is 0 Å². The van der Waals surface area contributed by atoms with Crippen molar-refractivity contribution in [3.63, 3.8) is 0 Å². The highest BCUT2D eigenvalue weighted by Crippen LogP contribution is 2.56. The van der Waals surface area contributed by atoms with E-state index in [1.165, 1.54) is 43.9 Å². The van der Waals surface area contributed by atoms with Crippen LogP contribution in [0.3, 0.4) is 0 Å². The van der Waals surface area contributed by atoms with E-state index < -0.39 is 0 Å². The molecule has 0 amide bonds. The second kappa shape index (κ2) is 11.1. The first kappa shape index (κ1) is 29.8. The van der Waals surface area contributed by atoms with Crippen LogP contribution in [0.2, 0.25) is 0 Å². The number of hydrogen-bond acceptors (Lipinski definition) is 4. The summed E-state index contributed by atoms with van der Waals surface area (Å²) in [7, 11) is 0. The van der Waals surface area contributed by atoms with Crippen LogP contribution in [0.4, 0.5) is 0 Å². The lowest BCUT2D eigenvalue weighted by Crippen LogP contribution is -2.15. The van der Waals surface area contributed by atoms with Crippen molar-refractivity contribution in [1.82, 2.24) is 19.5 Å². The molecule has 5 nitrogen and oxygen atoms in total. The van der Waals surface area contributed by atoms with E-state index >= 15 is 0 Å². The molecular weight excluding hydrogens is 649 g/mol. The Morgan fingerprint density at radius 3 is 1.75 bits per heavy atom. The smallest absolute Gasteiger partial charge is 0.164 e. The van der Waals surface area contributed by atoms with Crippen LogP contribution >= 0.6 is 0 Å². The lowest BCUT2D eigenvalue weighted by Gasteiger charge is -2.21. The van der Waals surface area contributed by atoms with Gasteiger partial charge in [0.2, 0.25) is 0 Å². The molecule has 0 bridgehead atoms. The Morgan fingerprint density at radius 1 is 0.491 bits per heavy atom. The van der Waals surface area contributed by atoms with Gasteiger partial charge in [-0.1, -0.05) is 123 Å². The van der Waals surface area contributed by atoms with Crippen molar-refractivity contribution in [2.45, 2.75) is 19.3 Å². The van der Waals surface area contributed by atoms with Crippen LogP contribution in [-0.2, 0) is 5.41 Å². The van der Waals surface area contributed by atoms with Gasteiger partial charge in [-0.05, 0) is 65.2 Å². The van der Waals surface area contributed by atoms with Gasteiger partial charge in [0.1, 0.15) is 11.2 Å². The zero-order chi connectivity index (χ0) is 35.3. The third-order valence-corrected chi connectivity index (χ3v) is 11.0. The van der Waals surface area contributed by atoms with Crippen molar-refractivity contribution >= 4 is 43.7 Å². The maximum atomic E-state index is 6.63. The van der Waals surface area contributed by atoms with Crippen LogP contribution < -0.4 is 0 Å². The molecule has 11 rings (SSSR count). The summed E-state index contributed by atoms with van der Waals surface area (Å²) in [4.78, 5) is 14.8. The van der Waals surface area contributed by atoms with Gasteiger partial charge in [0.05, 0.1) is 11.0 Å². The van der Waals surface area contributed by atoms with Gasteiger partial charge in [-0.25, -0.2) is 15.0 Å². The quantitative estimate of drug-likeness (QED) is 0.186. The Hall–Kier alpha value is -6.85. The number of para-hydroxylation sites is 2. The van der Waals surface area contributed by atoms with Crippen molar-refractivity contribution in [1.29, 1.82) is 0 Å². The Kier molecular flexibility index (Phi) is 6.23. The maximum Gasteiger partial charge on any atom is 0.164 e. The lowest BCUT2D eigenvalue weighted by molar-refractivity contribution is 0.620. The summed E-state index contributed by atoms with van der Waals surface area (Å²) in [6, 6.07) is 55.1. The molecule has 10 aromatic rings. The Bertz CT molecular complexity index is 3010. The molecule has 3 heterocycles. The fourth-order valence-corrected chi connectivity index (χ4v) is 8.59. The van der Waals surface area contributed by atoms with Gasteiger partial charge in [0.25, 0.3) is 0 Å². The first-order valence-corrected chi connectivity index (χ1v) is 18.0. The largest absolute Gasteiger partial charge is 0.456 e. The monoisotopic (exact) mass is 680 g/mol. The molecular formula is C48H32N4O. The summed E-state index contributed by atoms with van der Waals surface area (Å²) in [5.41, 5.74) is 13.0. The number of furan rings is 1. The van der Waals surface area contributed by atoms with Crippen LogP contribution in [-0.4, -0.2) is 19.5 Å². The van der Waals surface area contributed by atoms with Crippen molar-refractivity contribution in [3.8, 4) is 51.0 Å². The molecule has 0 unspecified atom stereocenters. The summed E-state index contributed by atoms with van der Waals surface area (Å²) in [6.45, 7) is 4.67. The highest BCUT2D eigenvalue weighted by Gasteiger charge is 2.40. The Labute approximate surface area is 305 Å². The van der Waals surface area contributed by atoms with E-state index in [0.29, 0.717) is 17.5 Å². The predicted molar refractivity (Wildman–Crippen MR) is 215 cm³/mol. The van der Waals surface area contributed by atoms with Crippen molar-refractivity contribution in [2.24, 2.45) is 0 Å². The number of nitrogens with zero attached hydrogens (tertiary/aromatic N) is 4. The van der Waals surface area contributed by atoms with Crippen LogP contribution in [0, 0.1) is 0 Å². The summed E-state index contributed by atoms with van der Waals surface area (Å²) in [5, 5.41) is 4.83. The third kappa shape index (κ3) is 4.34. The average molecular weight is 681 g/mol. The van der Waals surface area contributed by atoms with Gasteiger partial charge in [0, 0.05) is 54.9 Å². The zero-order valence-electron chi connectivity index (χ0n) is 29.2. The normalized spacial score (nSPS) is 13.2. The molecule has 5 heteroatoms. The summed E-state index contributed by atoms with van der Waals surface area (Å²) < 4.78 is 9.02. The van der Waals surface area contributed by atoms with Gasteiger partial charge in [0.15, 0.2) is 17.5 Å². The first-order valence-electron chi connectivity index (χ1n) is 18.0. The summed E-state index contributed by atoms with van der Waals surface area (Å²) in [5.74, 6) is 1.94. The number of fused-ring (bicyclic) bond motifs is 11. The van der Waals surface area contributed by atoms with E-state index in [9.17, 15) is 0 Å².